The Morgan fingerprint density at radius 3 is 2.23 bits per heavy atom. The molecular formula is C20H28ClN3O2. The molecule has 0 radical (unpaired) electrons. The van der Waals surface area contributed by atoms with Gasteiger partial charge in [0.05, 0.1) is 6.04 Å². The molecule has 3 amide bonds. The smallest absolute Gasteiger partial charge is 0.319 e. The van der Waals surface area contributed by atoms with Gasteiger partial charge < -0.3 is 15.1 Å². The fourth-order valence-electron chi connectivity index (χ4n) is 3.85. The van der Waals surface area contributed by atoms with E-state index in [1.165, 1.54) is 0 Å². The number of rotatable bonds is 4. The van der Waals surface area contributed by atoms with E-state index in [9.17, 15) is 9.59 Å². The number of nitrogens with zero attached hydrogens (tertiary/aromatic N) is 2. The molecule has 1 aromatic carbocycles. The largest absolute Gasteiger partial charge is 0.349 e. The maximum atomic E-state index is 12.7. The summed E-state index contributed by atoms with van der Waals surface area (Å²) in [5, 5.41) is 3.87. The zero-order chi connectivity index (χ0) is 18.5. The minimum absolute atomic E-state index is 0.00373. The van der Waals surface area contributed by atoms with E-state index >= 15 is 0 Å². The Morgan fingerprint density at radius 2 is 1.65 bits per heavy atom. The third kappa shape index (κ3) is 4.50. The van der Waals surface area contributed by atoms with Crippen molar-refractivity contribution in [1.82, 2.24) is 15.1 Å². The van der Waals surface area contributed by atoms with Crippen molar-refractivity contribution in [2.24, 2.45) is 5.92 Å². The number of hydrogen-bond donors (Lipinski definition) is 1. The summed E-state index contributed by atoms with van der Waals surface area (Å²) in [6, 6.07) is 7.79. The van der Waals surface area contributed by atoms with Crippen molar-refractivity contribution in [3.8, 4) is 0 Å². The van der Waals surface area contributed by atoms with Crippen molar-refractivity contribution < 1.29 is 9.59 Å². The van der Waals surface area contributed by atoms with Crippen LogP contribution < -0.4 is 5.32 Å². The first kappa shape index (κ1) is 19.0. The van der Waals surface area contributed by atoms with Gasteiger partial charge in [-0.25, -0.2) is 4.79 Å². The Hall–Kier alpha value is -1.75. The summed E-state index contributed by atoms with van der Waals surface area (Å²) in [6.07, 6.45) is 4.52. The molecule has 0 bridgehead atoms. The Labute approximate surface area is 160 Å². The molecule has 3 rings (SSSR count). The number of urea groups is 1. The summed E-state index contributed by atoms with van der Waals surface area (Å²) in [7, 11) is 0. The molecule has 1 unspecified atom stereocenters. The summed E-state index contributed by atoms with van der Waals surface area (Å²) in [5.74, 6) is 0.0825. The van der Waals surface area contributed by atoms with Crippen LogP contribution in [0.1, 0.15) is 50.6 Å². The van der Waals surface area contributed by atoms with Crippen molar-refractivity contribution in [1.29, 1.82) is 0 Å². The summed E-state index contributed by atoms with van der Waals surface area (Å²) in [6.45, 7) is 5.16. The van der Waals surface area contributed by atoms with Gasteiger partial charge >= 0.3 is 6.03 Å². The predicted octanol–water partition coefficient (Wildman–Crippen LogP) is 3.84. The molecule has 0 aliphatic carbocycles. The van der Waals surface area contributed by atoms with E-state index in [1.807, 2.05) is 34.1 Å². The van der Waals surface area contributed by atoms with Gasteiger partial charge in [0.15, 0.2) is 0 Å². The fraction of sp³-hybridized carbons (Fsp3) is 0.600. The molecule has 2 saturated heterocycles. The molecule has 0 aromatic heterocycles. The summed E-state index contributed by atoms with van der Waals surface area (Å²) in [4.78, 5) is 29.0. The zero-order valence-corrected chi connectivity index (χ0v) is 16.2. The highest BCUT2D eigenvalue weighted by Crippen LogP contribution is 2.23. The summed E-state index contributed by atoms with van der Waals surface area (Å²) in [5.41, 5.74) is 1.08. The van der Waals surface area contributed by atoms with Crippen LogP contribution in [0.3, 0.4) is 0 Å². The van der Waals surface area contributed by atoms with Gasteiger partial charge in [-0.2, -0.15) is 0 Å². The highest BCUT2D eigenvalue weighted by atomic mass is 35.5. The van der Waals surface area contributed by atoms with Crippen LogP contribution in [-0.4, -0.2) is 47.9 Å². The van der Waals surface area contributed by atoms with Gasteiger partial charge in [0.25, 0.3) is 0 Å². The van der Waals surface area contributed by atoms with Crippen molar-refractivity contribution >= 4 is 23.5 Å². The number of amides is 3. The van der Waals surface area contributed by atoms with Crippen molar-refractivity contribution in [2.45, 2.75) is 45.1 Å². The molecule has 0 spiro atoms. The number of benzene rings is 1. The Kier molecular flexibility index (Phi) is 6.41. The van der Waals surface area contributed by atoms with E-state index in [4.69, 9.17) is 11.6 Å². The van der Waals surface area contributed by atoms with Crippen LogP contribution in [0.2, 0.25) is 5.02 Å². The van der Waals surface area contributed by atoms with Crippen LogP contribution in [0, 0.1) is 5.92 Å². The molecule has 1 atom stereocenters. The van der Waals surface area contributed by atoms with Gasteiger partial charge in [0, 0.05) is 37.1 Å². The minimum atomic E-state index is -0.0148. The molecule has 0 saturated carbocycles. The van der Waals surface area contributed by atoms with Crippen molar-refractivity contribution in [2.75, 3.05) is 26.2 Å². The molecule has 2 aliphatic heterocycles. The van der Waals surface area contributed by atoms with Crippen molar-refractivity contribution in [3.63, 3.8) is 0 Å². The first-order valence-corrected chi connectivity index (χ1v) is 10.1. The minimum Gasteiger partial charge on any atom is -0.349 e. The maximum Gasteiger partial charge on any atom is 0.319 e. The van der Waals surface area contributed by atoms with E-state index in [2.05, 4.69) is 12.2 Å². The van der Waals surface area contributed by atoms with E-state index in [1.54, 1.807) is 0 Å². The second-order valence-corrected chi connectivity index (χ2v) is 7.70. The van der Waals surface area contributed by atoms with Gasteiger partial charge in [0.2, 0.25) is 5.91 Å². The van der Waals surface area contributed by atoms with Gasteiger partial charge in [0.1, 0.15) is 0 Å². The van der Waals surface area contributed by atoms with E-state index in [0.717, 1.165) is 50.8 Å². The second-order valence-electron chi connectivity index (χ2n) is 7.26. The first-order chi connectivity index (χ1) is 12.6. The highest BCUT2D eigenvalue weighted by molar-refractivity contribution is 6.30. The lowest BCUT2D eigenvalue weighted by Gasteiger charge is -2.34. The first-order valence-electron chi connectivity index (χ1n) is 9.68. The van der Waals surface area contributed by atoms with Crippen LogP contribution in [0.25, 0.3) is 0 Å². The molecule has 2 heterocycles. The van der Waals surface area contributed by atoms with Crippen LogP contribution in [0.5, 0.6) is 0 Å². The van der Waals surface area contributed by atoms with Crippen molar-refractivity contribution in [3.05, 3.63) is 34.9 Å². The summed E-state index contributed by atoms with van der Waals surface area (Å²) < 4.78 is 0. The van der Waals surface area contributed by atoms with Gasteiger partial charge in [-0.05, 0) is 49.8 Å². The van der Waals surface area contributed by atoms with E-state index in [-0.39, 0.29) is 23.9 Å². The standard InChI is InChI=1S/C20H28ClN3O2/c1-2-18(15-5-7-17(21)8-6-15)22-19(25)16-9-13-24(14-10-16)20(26)23-11-3-4-12-23/h5-8,16,18H,2-4,9-14H2,1H3,(H,22,25). The molecule has 5 nitrogen and oxygen atoms in total. The molecule has 2 fully saturated rings. The molecule has 142 valence electrons. The Morgan fingerprint density at radius 1 is 1.08 bits per heavy atom. The number of hydrogen-bond acceptors (Lipinski definition) is 2. The lowest BCUT2D eigenvalue weighted by molar-refractivity contribution is -0.127. The monoisotopic (exact) mass is 377 g/mol. The SMILES string of the molecule is CCC(NC(=O)C1CCN(C(=O)N2CCCC2)CC1)c1ccc(Cl)cc1. The van der Waals surface area contributed by atoms with Crippen LogP contribution in [-0.2, 0) is 4.79 Å². The molecular weight excluding hydrogens is 350 g/mol. The molecule has 2 aliphatic rings. The molecule has 26 heavy (non-hydrogen) atoms. The third-order valence-corrected chi connectivity index (χ3v) is 5.76. The Bertz CT molecular complexity index is 620. The molecule has 6 heteroatoms. The average molecular weight is 378 g/mol. The van der Waals surface area contributed by atoms with Crippen LogP contribution in [0.15, 0.2) is 24.3 Å². The predicted molar refractivity (Wildman–Crippen MR) is 103 cm³/mol. The number of carbonyl (C=O) groups excluding carboxylic acids is 2. The third-order valence-electron chi connectivity index (χ3n) is 5.51. The topological polar surface area (TPSA) is 52.7 Å². The lowest BCUT2D eigenvalue weighted by Crippen LogP contribution is -2.48. The average Bonchev–Trinajstić information content (AvgIpc) is 3.21. The number of likely N-dealkylation sites (tertiary alicyclic amines) is 2. The zero-order valence-electron chi connectivity index (χ0n) is 15.4. The number of nitrogens with one attached hydrogen (secondary N) is 1. The molecule has 1 N–H and O–H groups in total. The van der Waals surface area contributed by atoms with Crippen LogP contribution in [0.4, 0.5) is 4.79 Å². The van der Waals surface area contributed by atoms with Gasteiger partial charge in [-0.1, -0.05) is 30.7 Å². The van der Waals surface area contributed by atoms with Gasteiger partial charge in [-0.3, -0.25) is 4.79 Å². The van der Waals surface area contributed by atoms with Crippen LogP contribution >= 0.6 is 11.6 Å². The van der Waals surface area contributed by atoms with E-state index < -0.39 is 0 Å². The van der Waals surface area contributed by atoms with E-state index in [0.29, 0.717) is 18.1 Å². The normalized spacial score (nSPS) is 19.5. The Balaban J connectivity index is 1.51. The lowest BCUT2D eigenvalue weighted by atomic mass is 9.94. The molecule has 1 aromatic rings. The number of halogens is 1. The van der Waals surface area contributed by atoms with Gasteiger partial charge in [-0.15, -0.1) is 0 Å². The quantitative estimate of drug-likeness (QED) is 0.866. The maximum absolute atomic E-state index is 12.7. The number of piperidine rings is 1. The fourth-order valence-corrected chi connectivity index (χ4v) is 3.97. The summed E-state index contributed by atoms with van der Waals surface area (Å²) >= 11 is 5.95. The number of carbonyl (C=O) groups is 2. The second kappa shape index (κ2) is 8.76. The highest BCUT2D eigenvalue weighted by Gasteiger charge is 2.31.